The molecular formula is C20H29N3O2. The highest BCUT2D eigenvalue weighted by molar-refractivity contribution is 5.51. The van der Waals surface area contributed by atoms with Gasteiger partial charge in [0.2, 0.25) is 0 Å². The van der Waals surface area contributed by atoms with Gasteiger partial charge in [-0.1, -0.05) is 11.6 Å². The van der Waals surface area contributed by atoms with Gasteiger partial charge in [-0.15, -0.1) is 0 Å². The number of fused-ring (bicyclic) bond motifs is 1. The predicted octanol–water partition coefficient (Wildman–Crippen LogP) is 1.29. The lowest BCUT2D eigenvalue weighted by atomic mass is 9.99. The number of nitrogens with zero attached hydrogens (tertiary/aromatic N) is 2. The van der Waals surface area contributed by atoms with E-state index in [2.05, 4.69) is 35.9 Å². The summed E-state index contributed by atoms with van der Waals surface area (Å²) in [5, 5.41) is 2.07. The van der Waals surface area contributed by atoms with Crippen LogP contribution in [0.1, 0.15) is 52.0 Å². The van der Waals surface area contributed by atoms with E-state index >= 15 is 0 Å². The third-order valence-electron chi connectivity index (χ3n) is 6.20. The van der Waals surface area contributed by atoms with Gasteiger partial charge in [0.25, 0.3) is 0 Å². The second-order valence-electron chi connectivity index (χ2n) is 7.73. The van der Waals surface area contributed by atoms with Gasteiger partial charge in [0.05, 0.1) is 10.7 Å². The van der Waals surface area contributed by atoms with Crippen LogP contribution in [-0.2, 0) is 4.74 Å². The zero-order chi connectivity index (χ0) is 17.4. The first-order valence-electron chi connectivity index (χ1n) is 9.64. The molecule has 2 aliphatic heterocycles. The van der Waals surface area contributed by atoms with Gasteiger partial charge in [-0.3, -0.25) is 4.57 Å². The van der Waals surface area contributed by atoms with E-state index in [1.165, 1.54) is 11.1 Å². The molecule has 0 aromatic carbocycles. The number of piperidine rings is 1. The van der Waals surface area contributed by atoms with Crippen LogP contribution in [0.4, 0.5) is 0 Å². The SMILES string of the molecule is CC1=C(C)CC=c2c([nH]c(=O)n2C2CCN(C3CCOCC3)CC2)=C1. The Morgan fingerprint density at radius 2 is 1.80 bits per heavy atom. The van der Waals surface area contributed by atoms with Crippen LogP contribution in [0.25, 0.3) is 12.2 Å². The van der Waals surface area contributed by atoms with Crippen LogP contribution >= 0.6 is 0 Å². The van der Waals surface area contributed by atoms with Crippen molar-refractivity contribution in [3.8, 4) is 0 Å². The van der Waals surface area contributed by atoms with Crippen molar-refractivity contribution in [1.29, 1.82) is 0 Å². The van der Waals surface area contributed by atoms with Crippen molar-refractivity contribution in [2.24, 2.45) is 0 Å². The quantitative estimate of drug-likeness (QED) is 0.880. The van der Waals surface area contributed by atoms with Crippen molar-refractivity contribution >= 4 is 12.2 Å². The fraction of sp³-hybridized carbons (Fsp3) is 0.650. The van der Waals surface area contributed by atoms with E-state index in [0.29, 0.717) is 12.1 Å². The van der Waals surface area contributed by atoms with Crippen molar-refractivity contribution < 1.29 is 4.74 Å². The molecular weight excluding hydrogens is 314 g/mol. The van der Waals surface area contributed by atoms with Gasteiger partial charge in [-0.2, -0.15) is 0 Å². The van der Waals surface area contributed by atoms with E-state index in [-0.39, 0.29) is 5.69 Å². The lowest BCUT2D eigenvalue weighted by Crippen LogP contribution is -2.46. The Morgan fingerprint density at radius 1 is 1.08 bits per heavy atom. The number of likely N-dealkylation sites (tertiary alicyclic amines) is 1. The largest absolute Gasteiger partial charge is 0.381 e. The van der Waals surface area contributed by atoms with E-state index in [1.807, 2.05) is 4.57 Å². The molecule has 1 N–H and O–H groups in total. The molecule has 0 unspecified atom stereocenters. The van der Waals surface area contributed by atoms with Crippen LogP contribution in [0.2, 0.25) is 0 Å². The summed E-state index contributed by atoms with van der Waals surface area (Å²) in [6.45, 7) is 8.25. The predicted molar refractivity (Wildman–Crippen MR) is 99.9 cm³/mol. The number of imidazole rings is 1. The van der Waals surface area contributed by atoms with E-state index in [4.69, 9.17) is 4.74 Å². The van der Waals surface area contributed by atoms with Crippen molar-refractivity contribution in [2.45, 2.75) is 58.0 Å². The topological polar surface area (TPSA) is 50.3 Å². The minimum Gasteiger partial charge on any atom is -0.381 e. The summed E-state index contributed by atoms with van der Waals surface area (Å²) < 4.78 is 7.52. The fourth-order valence-electron chi connectivity index (χ4n) is 4.47. The third kappa shape index (κ3) is 3.27. The summed E-state index contributed by atoms with van der Waals surface area (Å²) in [5.41, 5.74) is 2.69. The summed E-state index contributed by atoms with van der Waals surface area (Å²) in [4.78, 5) is 18.3. The van der Waals surface area contributed by atoms with Crippen LogP contribution in [-0.4, -0.2) is 46.8 Å². The average molecular weight is 343 g/mol. The second kappa shape index (κ2) is 6.96. The number of nitrogens with one attached hydrogen (secondary N) is 1. The number of hydrogen-bond acceptors (Lipinski definition) is 3. The smallest absolute Gasteiger partial charge is 0.326 e. The molecule has 5 nitrogen and oxygen atoms in total. The Morgan fingerprint density at radius 3 is 2.52 bits per heavy atom. The number of aromatic nitrogens is 2. The molecule has 0 saturated carbocycles. The molecule has 1 aromatic heterocycles. The Kier molecular flexibility index (Phi) is 4.69. The highest BCUT2D eigenvalue weighted by Crippen LogP contribution is 2.24. The zero-order valence-electron chi connectivity index (χ0n) is 15.4. The monoisotopic (exact) mass is 343 g/mol. The van der Waals surface area contributed by atoms with Gasteiger partial charge in [0, 0.05) is 38.4 Å². The molecule has 25 heavy (non-hydrogen) atoms. The minimum atomic E-state index is 0.0503. The maximum atomic E-state index is 12.6. The Balaban J connectivity index is 1.55. The molecule has 3 heterocycles. The van der Waals surface area contributed by atoms with Gasteiger partial charge in [0.1, 0.15) is 0 Å². The normalized spacial score (nSPS) is 23.8. The third-order valence-corrected chi connectivity index (χ3v) is 6.20. The molecule has 1 aromatic rings. The summed E-state index contributed by atoms with van der Waals surface area (Å²) in [5.74, 6) is 0. The highest BCUT2D eigenvalue weighted by atomic mass is 16.5. The molecule has 5 heteroatoms. The fourth-order valence-corrected chi connectivity index (χ4v) is 4.47. The summed E-state index contributed by atoms with van der Waals surface area (Å²) in [7, 11) is 0. The lowest BCUT2D eigenvalue weighted by Gasteiger charge is -2.39. The molecule has 3 aliphatic rings. The molecule has 0 amide bonds. The van der Waals surface area contributed by atoms with Crippen molar-refractivity contribution in [3.63, 3.8) is 0 Å². The van der Waals surface area contributed by atoms with Crippen LogP contribution in [0.5, 0.6) is 0 Å². The first kappa shape index (κ1) is 16.9. The Labute approximate surface area is 148 Å². The number of rotatable bonds is 2. The van der Waals surface area contributed by atoms with Crippen molar-refractivity contribution in [2.75, 3.05) is 26.3 Å². The summed E-state index contributed by atoms with van der Waals surface area (Å²) in [6.07, 6.45) is 9.69. The maximum Gasteiger partial charge on any atom is 0.326 e. The van der Waals surface area contributed by atoms with Gasteiger partial charge >= 0.3 is 5.69 Å². The van der Waals surface area contributed by atoms with Crippen LogP contribution in [0.15, 0.2) is 15.9 Å². The first-order chi connectivity index (χ1) is 12.1. The summed E-state index contributed by atoms with van der Waals surface area (Å²) in [6, 6.07) is 0.983. The molecule has 0 spiro atoms. The molecule has 2 fully saturated rings. The second-order valence-corrected chi connectivity index (χ2v) is 7.73. The molecule has 4 rings (SSSR count). The average Bonchev–Trinajstić information content (AvgIpc) is 2.88. The molecule has 2 saturated heterocycles. The van der Waals surface area contributed by atoms with E-state index in [9.17, 15) is 4.79 Å². The van der Waals surface area contributed by atoms with Gasteiger partial charge in [-0.25, -0.2) is 4.79 Å². The van der Waals surface area contributed by atoms with E-state index in [0.717, 1.165) is 69.1 Å². The summed E-state index contributed by atoms with van der Waals surface area (Å²) >= 11 is 0. The van der Waals surface area contributed by atoms with E-state index in [1.54, 1.807) is 0 Å². The molecule has 1 aliphatic carbocycles. The van der Waals surface area contributed by atoms with Gasteiger partial charge in [0.15, 0.2) is 0 Å². The first-order valence-corrected chi connectivity index (χ1v) is 9.64. The van der Waals surface area contributed by atoms with E-state index < -0.39 is 0 Å². The van der Waals surface area contributed by atoms with Gasteiger partial charge < -0.3 is 14.6 Å². The number of H-pyrrole nitrogens is 1. The molecule has 0 atom stereocenters. The van der Waals surface area contributed by atoms with Crippen LogP contribution in [0, 0.1) is 0 Å². The Hall–Kier alpha value is -1.59. The Bertz CT molecular complexity index is 831. The molecule has 0 bridgehead atoms. The zero-order valence-corrected chi connectivity index (χ0v) is 15.4. The number of ether oxygens (including phenoxy) is 1. The van der Waals surface area contributed by atoms with Crippen molar-refractivity contribution in [3.05, 3.63) is 32.3 Å². The lowest BCUT2D eigenvalue weighted by molar-refractivity contribution is 0.0216. The number of hydrogen-bond donors (Lipinski definition) is 1. The highest BCUT2D eigenvalue weighted by Gasteiger charge is 2.28. The maximum absolute atomic E-state index is 12.6. The molecule has 0 radical (unpaired) electrons. The number of aromatic amines is 1. The molecule has 136 valence electrons. The standard InChI is InChI=1S/C20H29N3O2/c1-14-3-4-19-18(13-15(14)2)21-20(24)23(19)17-5-9-22(10-6-17)16-7-11-25-12-8-16/h4,13,16-17H,3,5-12H2,1-2H3,(H,21,24). The van der Waals surface area contributed by atoms with Crippen LogP contribution in [0.3, 0.4) is 0 Å². The minimum absolute atomic E-state index is 0.0503. The van der Waals surface area contributed by atoms with Gasteiger partial charge in [-0.05, 0) is 57.6 Å². The van der Waals surface area contributed by atoms with Crippen LogP contribution < -0.4 is 16.4 Å². The van der Waals surface area contributed by atoms with Crippen molar-refractivity contribution in [1.82, 2.24) is 14.5 Å². The number of allylic oxidation sites excluding steroid dienone is 2.